The summed E-state index contributed by atoms with van der Waals surface area (Å²) in [6, 6.07) is 2.52. The van der Waals surface area contributed by atoms with Crippen LogP contribution in [0.15, 0.2) is 18.2 Å². The predicted molar refractivity (Wildman–Crippen MR) is 76.5 cm³/mol. The van der Waals surface area contributed by atoms with Crippen molar-refractivity contribution in [2.75, 3.05) is 11.5 Å². The summed E-state index contributed by atoms with van der Waals surface area (Å²) in [5.74, 6) is 0.694. The van der Waals surface area contributed by atoms with E-state index in [1.165, 1.54) is 6.07 Å². The van der Waals surface area contributed by atoms with Crippen LogP contribution in [0.25, 0.3) is 0 Å². The van der Waals surface area contributed by atoms with Gasteiger partial charge in [-0.15, -0.1) is 0 Å². The van der Waals surface area contributed by atoms with Crippen LogP contribution in [-0.4, -0.2) is 22.0 Å². The van der Waals surface area contributed by atoms with Gasteiger partial charge >= 0.3 is 6.18 Å². The summed E-state index contributed by atoms with van der Waals surface area (Å²) in [6.45, 7) is 2.02. The summed E-state index contributed by atoms with van der Waals surface area (Å²) in [4.78, 5) is 0. The van der Waals surface area contributed by atoms with Crippen molar-refractivity contribution in [3.63, 3.8) is 0 Å². The van der Waals surface area contributed by atoms with Gasteiger partial charge in [0.05, 0.1) is 5.56 Å². The van der Waals surface area contributed by atoms with Gasteiger partial charge in [0.25, 0.3) is 0 Å². The molecule has 1 aliphatic heterocycles. The second-order valence-corrected chi connectivity index (χ2v) is 7.45. The van der Waals surface area contributed by atoms with E-state index < -0.39 is 23.6 Å². The summed E-state index contributed by atoms with van der Waals surface area (Å²) in [6.07, 6.45) is -4.69. The lowest BCUT2D eigenvalue weighted by molar-refractivity contribution is -0.140. The number of alkyl halides is 3. The molecule has 112 valence electrons. The van der Waals surface area contributed by atoms with Crippen LogP contribution in [0.3, 0.4) is 0 Å². The number of nitrogens with two attached hydrogens (primary N) is 1. The quantitative estimate of drug-likeness (QED) is 0.830. The zero-order valence-electron chi connectivity index (χ0n) is 10.8. The van der Waals surface area contributed by atoms with Gasteiger partial charge < -0.3 is 5.73 Å². The van der Waals surface area contributed by atoms with Crippen molar-refractivity contribution in [2.45, 2.75) is 29.6 Å². The molecule has 20 heavy (non-hydrogen) atoms. The van der Waals surface area contributed by atoms with Crippen LogP contribution in [0, 0.1) is 5.82 Å². The van der Waals surface area contributed by atoms with Crippen molar-refractivity contribution in [1.29, 1.82) is 0 Å². The Bertz CT molecular complexity index is 478. The summed E-state index contributed by atoms with van der Waals surface area (Å²) in [5, 5.41) is 0.309. The third-order valence-electron chi connectivity index (χ3n) is 3.27. The maximum atomic E-state index is 13.3. The fourth-order valence-electron chi connectivity index (χ4n) is 2.20. The summed E-state index contributed by atoms with van der Waals surface area (Å²) in [7, 11) is 0. The Labute approximate surface area is 123 Å². The molecule has 0 amide bonds. The van der Waals surface area contributed by atoms with E-state index in [9.17, 15) is 17.6 Å². The number of hydrogen-bond acceptors (Lipinski definition) is 3. The highest BCUT2D eigenvalue weighted by Crippen LogP contribution is 2.39. The van der Waals surface area contributed by atoms with Crippen LogP contribution < -0.4 is 5.73 Å². The molecule has 2 rings (SSSR count). The first-order valence-electron chi connectivity index (χ1n) is 6.16. The lowest BCUT2D eigenvalue weighted by atomic mass is 10.00. The molecule has 0 saturated carbocycles. The van der Waals surface area contributed by atoms with Crippen LogP contribution in [0.5, 0.6) is 0 Å². The predicted octanol–water partition coefficient (Wildman–Crippen LogP) is 4.08. The van der Waals surface area contributed by atoms with Crippen molar-refractivity contribution >= 4 is 23.5 Å². The first kappa shape index (κ1) is 16.0. The number of halogens is 4. The highest BCUT2D eigenvalue weighted by Gasteiger charge is 2.36. The topological polar surface area (TPSA) is 26.0 Å². The Morgan fingerprint density at radius 3 is 2.50 bits per heavy atom. The van der Waals surface area contributed by atoms with Crippen molar-refractivity contribution < 1.29 is 17.6 Å². The molecule has 2 N–H and O–H groups in total. The Morgan fingerprint density at radius 1 is 1.25 bits per heavy atom. The molecular formula is C13H15F4NS2. The van der Waals surface area contributed by atoms with Crippen LogP contribution in [0.2, 0.25) is 0 Å². The molecule has 0 bridgehead atoms. The third kappa shape index (κ3) is 3.43. The van der Waals surface area contributed by atoms with Crippen molar-refractivity contribution in [3.05, 3.63) is 35.1 Å². The van der Waals surface area contributed by atoms with Gasteiger partial charge in [-0.25, -0.2) is 4.39 Å². The van der Waals surface area contributed by atoms with E-state index in [4.69, 9.17) is 5.73 Å². The minimum atomic E-state index is -4.69. The zero-order valence-corrected chi connectivity index (χ0v) is 12.4. The van der Waals surface area contributed by atoms with Gasteiger partial charge in [0, 0.05) is 28.0 Å². The minimum Gasteiger partial charge on any atom is -0.323 e. The van der Waals surface area contributed by atoms with E-state index in [-0.39, 0.29) is 10.5 Å². The molecule has 3 atom stereocenters. The second-order valence-electron chi connectivity index (χ2n) is 4.67. The maximum Gasteiger partial charge on any atom is 0.419 e. The molecule has 1 nitrogen and oxygen atoms in total. The summed E-state index contributed by atoms with van der Waals surface area (Å²) in [5.41, 5.74) is 5.19. The largest absolute Gasteiger partial charge is 0.419 e. The number of hydrogen-bond donors (Lipinski definition) is 1. The van der Waals surface area contributed by atoms with E-state index in [2.05, 4.69) is 0 Å². The molecule has 3 unspecified atom stereocenters. The zero-order chi connectivity index (χ0) is 14.9. The number of rotatable bonds is 2. The average molecular weight is 325 g/mol. The molecule has 1 aliphatic rings. The average Bonchev–Trinajstić information content (AvgIpc) is 2.37. The minimum absolute atomic E-state index is 0.0419. The van der Waals surface area contributed by atoms with E-state index in [1.54, 1.807) is 23.5 Å². The third-order valence-corrected chi connectivity index (χ3v) is 6.49. The van der Waals surface area contributed by atoms with Crippen LogP contribution >= 0.6 is 23.5 Å². The van der Waals surface area contributed by atoms with Gasteiger partial charge in [-0.05, 0) is 17.7 Å². The second kappa shape index (κ2) is 6.15. The molecule has 0 spiro atoms. The molecule has 1 saturated heterocycles. The van der Waals surface area contributed by atoms with Gasteiger partial charge in [-0.3, -0.25) is 0 Å². The highest BCUT2D eigenvalue weighted by molar-refractivity contribution is 8.07. The Hall–Kier alpha value is -0.400. The molecule has 0 radical (unpaired) electrons. The number of benzene rings is 1. The Balaban J connectivity index is 2.28. The van der Waals surface area contributed by atoms with Crippen LogP contribution in [0.4, 0.5) is 17.6 Å². The van der Waals surface area contributed by atoms with Crippen molar-refractivity contribution in [2.24, 2.45) is 5.73 Å². The fourth-order valence-corrected chi connectivity index (χ4v) is 5.08. The molecular weight excluding hydrogens is 310 g/mol. The highest BCUT2D eigenvalue weighted by atomic mass is 32.2. The maximum absolute atomic E-state index is 13.3. The molecule has 1 aromatic rings. The summed E-state index contributed by atoms with van der Waals surface area (Å²) >= 11 is 3.44. The van der Waals surface area contributed by atoms with Crippen LogP contribution in [0.1, 0.15) is 24.1 Å². The Kier molecular flexibility index (Phi) is 4.92. The van der Waals surface area contributed by atoms with Crippen molar-refractivity contribution in [3.8, 4) is 0 Å². The molecule has 1 fully saturated rings. The van der Waals surface area contributed by atoms with E-state index in [0.717, 1.165) is 23.6 Å². The lowest BCUT2D eigenvalue weighted by Gasteiger charge is -2.32. The Morgan fingerprint density at radius 2 is 1.90 bits per heavy atom. The normalized spacial score (nSPS) is 25.5. The first-order valence-corrected chi connectivity index (χ1v) is 8.26. The molecule has 1 aromatic carbocycles. The van der Waals surface area contributed by atoms with Crippen LogP contribution in [-0.2, 0) is 6.18 Å². The van der Waals surface area contributed by atoms with Crippen molar-refractivity contribution in [1.82, 2.24) is 0 Å². The molecule has 0 aromatic heterocycles. The van der Waals surface area contributed by atoms with E-state index in [1.807, 2.05) is 6.92 Å². The van der Waals surface area contributed by atoms with E-state index in [0.29, 0.717) is 5.56 Å². The molecule has 0 aliphatic carbocycles. The standard InChI is InChI=1S/C13H15F4NS2/c1-7-12(20-5-4-19-7)11(18)8-2-3-10(14)9(6-8)13(15,16)17/h2-3,6-7,11-12H,4-5,18H2,1H3. The molecule has 1 heterocycles. The van der Waals surface area contributed by atoms with Gasteiger partial charge in [-0.1, -0.05) is 13.0 Å². The number of thioether (sulfide) groups is 2. The van der Waals surface area contributed by atoms with Gasteiger partial charge in [0.2, 0.25) is 0 Å². The first-order chi connectivity index (χ1) is 9.30. The fraction of sp³-hybridized carbons (Fsp3) is 0.538. The SMILES string of the molecule is CC1SCCSC1C(N)c1ccc(F)c(C(F)(F)F)c1. The van der Waals surface area contributed by atoms with E-state index >= 15 is 0 Å². The monoisotopic (exact) mass is 325 g/mol. The summed E-state index contributed by atoms with van der Waals surface area (Å²) < 4.78 is 51.4. The smallest absolute Gasteiger partial charge is 0.323 e. The van der Waals surface area contributed by atoms with Gasteiger partial charge in [-0.2, -0.15) is 36.7 Å². The van der Waals surface area contributed by atoms with Gasteiger partial charge in [0.15, 0.2) is 0 Å². The van der Waals surface area contributed by atoms with Gasteiger partial charge in [0.1, 0.15) is 5.82 Å². The molecule has 7 heteroatoms. The lowest BCUT2D eigenvalue weighted by Crippen LogP contribution is -2.34.